The van der Waals surface area contributed by atoms with Gasteiger partial charge in [-0.3, -0.25) is 4.68 Å². The maximum Gasteiger partial charge on any atom is 0.0597 e. The van der Waals surface area contributed by atoms with Crippen LogP contribution in [-0.4, -0.2) is 22.2 Å². The molecule has 4 heteroatoms. The van der Waals surface area contributed by atoms with Gasteiger partial charge in [0.05, 0.1) is 11.4 Å². The number of halogens is 1. The number of rotatable bonds is 6. The number of hydrogen-bond donors (Lipinski definition) is 1. The second-order valence-electron chi connectivity index (χ2n) is 4.94. The predicted molar refractivity (Wildman–Crippen MR) is 66.7 cm³/mol. The number of hydrogen-bond acceptors (Lipinski definition) is 2. The monoisotopic (exact) mass is 241 g/mol. The van der Waals surface area contributed by atoms with Crippen LogP contribution in [0, 0.1) is 12.3 Å². The minimum absolute atomic E-state index is 0.509. The average Bonchev–Trinajstić information content (AvgIpc) is 2.89. The second kappa shape index (κ2) is 4.76. The number of aryl methyl sites for hydroxylation is 2. The van der Waals surface area contributed by atoms with Crippen molar-refractivity contribution >= 4 is 11.6 Å². The van der Waals surface area contributed by atoms with Gasteiger partial charge in [-0.2, -0.15) is 5.10 Å². The largest absolute Gasteiger partial charge is 0.311 e. The van der Waals surface area contributed by atoms with Gasteiger partial charge in [0.2, 0.25) is 0 Å². The van der Waals surface area contributed by atoms with Crippen LogP contribution < -0.4 is 5.32 Å². The zero-order valence-corrected chi connectivity index (χ0v) is 10.8. The molecule has 1 aliphatic rings. The number of nitrogens with zero attached hydrogens (tertiary/aromatic N) is 2. The lowest BCUT2D eigenvalue weighted by molar-refractivity contribution is 0.440. The number of nitrogens with one attached hydrogen (secondary N) is 1. The van der Waals surface area contributed by atoms with Gasteiger partial charge >= 0.3 is 0 Å². The standard InChI is InChI=1S/C12H20ClN3/c1-10-7-11(16(2)15-10)8-14-9-12(3-4-12)5-6-13/h7,14H,3-6,8-9H2,1-2H3. The Morgan fingerprint density at radius 3 is 2.81 bits per heavy atom. The van der Waals surface area contributed by atoms with Gasteiger partial charge in [-0.05, 0) is 37.7 Å². The molecule has 1 aliphatic carbocycles. The van der Waals surface area contributed by atoms with Gasteiger partial charge in [0.1, 0.15) is 0 Å². The Bertz CT molecular complexity index is 355. The van der Waals surface area contributed by atoms with Gasteiger partial charge in [0.25, 0.3) is 0 Å². The van der Waals surface area contributed by atoms with E-state index < -0.39 is 0 Å². The van der Waals surface area contributed by atoms with Gasteiger partial charge in [-0.1, -0.05) is 0 Å². The van der Waals surface area contributed by atoms with Crippen molar-refractivity contribution in [1.82, 2.24) is 15.1 Å². The quantitative estimate of drug-likeness (QED) is 0.775. The van der Waals surface area contributed by atoms with Crippen LogP contribution in [-0.2, 0) is 13.6 Å². The van der Waals surface area contributed by atoms with Crippen LogP contribution in [0.4, 0.5) is 0 Å². The van der Waals surface area contributed by atoms with Crippen molar-refractivity contribution in [2.75, 3.05) is 12.4 Å². The van der Waals surface area contributed by atoms with Crippen molar-refractivity contribution in [2.45, 2.75) is 32.7 Å². The molecule has 1 aromatic rings. The summed E-state index contributed by atoms with van der Waals surface area (Å²) in [5.74, 6) is 0.784. The molecule has 2 rings (SSSR count). The van der Waals surface area contributed by atoms with Crippen LogP contribution in [0.3, 0.4) is 0 Å². The lowest BCUT2D eigenvalue weighted by Gasteiger charge is -2.14. The molecule has 3 nitrogen and oxygen atoms in total. The third-order valence-corrected chi connectivity index (χ3v) is 3.68. The summed E-state index contributed by atoms with van der Waals surface area (Å²) in [6.07, 6.45) is 3.81. The Morgan fingerprint density at radius 2 is 2.31 bits per heavy atom. The van der Waals surface area contributed by atoms with Crippen LogP contribution in [0.5, 0.6) is 0 Å². The zero-order valence-electron chi connectivity index (χ0n) is 10.1. The first-order valence-corrected chi connectivity index (χ1v) is 6.45. The van der Waals surface area contributed by atoms with E-state index in [2.05, 4.69) is 16.5 Å². The summed E-state index contributed by atoms with van der Waals surface area (Å²) in [5.41, 5.74) is 2.84. The highest BCUT2D eigenvalue weighted by Crippen LogP contribution is 2.48. The summed E-state index contributed by atoms with van der Waals surface area (Å²) in [4.78, 5) is 0. The van der Waals surface area contributed by atoms with Crippen molar-refractivity contribution in [3.8, 4) is 0 Å². The van der Waals surface area contributed by atoms with E-state index in [9.17, 15) is 0 Å². The van der Waals surface area contributed by atoms with Gasteiger partial charge < -0.3 is 5.32 Å². The molecule has 1 saturated carbocycles. The Kier molecular flexibility index (Phi) is 3.55. The van der Waals surface area contributed by atoms with Crippen molar-refractivity contribution in [2.24, 2.45) is 12.5 Å². The van der Waals surface area contributed by atoms with Crippen LogP contribution in [0.2, 0.25) is 0 Å². The summed E-state index contributed by atoms with van der Waals surface area (Å²) in [6.45, 7) is 4.02. The normalized spacial score (nSPS) is 17.7. The minimum Gasteiger partial charge on any atom is -0.311 e. The molecule has 0 amide bonds. The van der Waals surface area contributed by atoms with E-state index in [0.717, 1.165) is 31.1 Å². The van der Waals surface area contributed by atoms with Crippen LogP contribution in [0.15, 0.2) is 6.07 Å². The molecule has 0 unspecified atom stereocenters. The zero-order chi connectivity index (χ0) is 11.6. The molecule has 0 aliphatic heterocycles. The summed E-state index contributed by atoms with van der Waals surface area (Å²) in [6, 6.07) is 2.13. The third-order valence-electron chi connectivity index (χ3n) is 3.49. The maximum absolute atomic E-state index is 5.81. The SMILES string of the molecule is Cc1cc(CNCC2(CCCl)CC2)n(C)n1. The molecule has 0 radical (unpaired) electrons. The summed E-state index contributed by atoms with van der Waals surface area (Å²) in [7, 11) is 2.00. The lowest BCUT2D eigenvalue weighted by Crippen LogP contribution is -2.24. The first kappa shape index (κ1) is 11.9. The van der Waals surface area contributed by atoms with Crippen molar-refractivity contribution < 1.29 is 0 Å². The van der Waals surface area contributed by atoms with Crippen LogP contribution in [0.25, 0.3) is 0 Å². The van der Waals surface area contributed by atoms with E-state index >= 15 is 0 Å². The molecule has 16 heavy (non-hydrogen) atoms. The Morgan fingerprint density at radius 1 is 1.56 bits per heavy atom. The average molecular weight is 242 g/mol. The van der Waals surface area contributed by atoms with E-state index in [4.69, 9.17) is 11.6 Å². The van der Waals surface area contributed by atoms with E-state index in [1.165, 1.54) is 18.5 Å². The van der Waals surface area contributed by atoms with E-state index in [-0.39, 0.29) is 0 Å². The second-order valence-corrected chi connectivity index (χ2v) is 5.32. The van der Waals surface area contributed by atoms with Gasteiger partial charge in [-0.15, -0.1) is 11.6 Å². The summed E-state index contributed by atoms with van der Waals surface area (Å²) in [5, 5.41) is 7.86. The first-order chi connectivity index (χ1) is 7.65. The molecule has 1 fully saturated rings. The number of alkyl halides is 1. The molecule has 0 aromatic carbocycles. The van der Waals surface area contributed by atoms with Gasteiger partial charge in [-0.25, -0.2) is 0 Å². The van der Waals surface area contributed by atoms with E-state index in [0.29, 0.717) is 5.41 Å². The third kappa shape index (κ3) is 2.77. The Hall–Kier alpha value is -0.540. The minimum atomic E-state index is 0.509. The predicted octanol–water partition coefficient (Wildman–Crippen LogP) is 2.23. The molecule has 0 bridgehead atoms. The lowest BCUT2D eigenvalue weighted by atomic mass is 10.0. The maximum atomic E-state index is 5.81. The molecule has 90 valence electrons. The topological polar surface area (TPSA) is 29.9 Å². The van der Waals surface area contributed by atoms with Gasteiger partial charge in [0, 0.05) is 26.0 Å². The molecule has 0 spiro atoms. The van der Waals surface area contributed by atoms with Gasteiger partial charge in [0.15, 0.2) is 0 Å². The fraction of sp³-hybridized carbons (Fsp3) is 0.750. The highest BCUT2D eigenvalue weighted by Gasteiger charge is 2.41. The van der Waals surface area contributed by atoms with E-state index in [1.807, 2.05) is 18.7 Å². The molecular formula is C12H20ClN3. The van der Waals surface area contributed by atoms with Crippen molar-refractivity contribution in [3.05, 3.63) is 17.5 Å². The van der Waals surface area contributed by atoms with E-state index in [1.54, 1.807) is 0 Å². The Balaban J connectivity index is 1.78. The fourth-order valence-electron chi connectivity index (χ4n) is 2.18. The van der Waals surface area contributed by atoms with Crippen LogP contribution in [0.1, 0.15) is 30.7 Å². The smallest absolute Gasteiger partial charge is 0.0597 e. The Labute approximate surface area is 102 Å². The summed E-state index contributed by atoms with van der Waals surface area (Å²) < 4.78 is 1.95. The molecule has 1 heterocycles. The van der Waals surface area contributed by atoms with Crippen molar-refractivity contribution in [1.29, 1.82) is 0 Å². The molecular weight excluding hydrogens is 222 g/mol. The highest BCUT2D eigenvalue weighted by atomic mass is 35.5. The highest BCUT2D eigenvalue weighted by molar-refractivity contribution is 6.17. The fourth-order valence-corrected chi connectivity index (χ4v) is 2.58. The van der Waals surface area contributed by atoms with Crippen molar-refractivity contribution in [3.63, 3.8) is 0 Å². The number of aromatic nitrogens is 2. The first-order valence-electron chi connectivity index (χ1n) is 5.91. The molecule has 1 N–H and O–H groups in total. The molecule has 0 saturated heterocycles. The molecule has 0 atom stereocenters. The van der Waals surface area contributed by atoms with Crippen LogP contribution >= 0.6 is 11.6 Å². The summed E-state index contributed by atoms with van der Waals surface area (Å²) >= 11 is 5.81. The molecule has 1 aromatic heterocycles.